The third-order valence-electron chi connectivity index (χ3n) is 3.85. The van der Waals surface area contributed by atoms with Gasteiger partial charge in [-0.3, -0.25) is 14.9 Å². The van der Waals surface area contributed by atoms with Crippen LogP contribution in [0.2, 0.25) is 0 Å². The van der Waals surface area contributed by atoms with Crippen LogP contribution in [0.5, 0.6) is 0 Å². The summed E-state index contributed by atoms with van der Waals surface area (Å²) in [6.07, 6.45) is -0.449. The van der Waals surface area contributed by atoms with Crippen LogP contribution in [-0.4, -0.2) is 28.9 Å². The molecule has 124 valence electrons. The number of alkyl carbamates (subject to hydrolysis) is 1. The Bertz CT molecular complexity index is 587. The number of nitrogens with zero attached hydrogens (tertiary/aromatic N) is 1. The Hall–Kier alpha value is -2.44. The number of ether oxygens (including phenoxy) is 1. The smallest absolute Gasteiger partial charge is 0.408 e. The Morgan fingerprint density at radius 3 is 2.52 bits per heavy atom. The predicted octanol–water partition coefficient (Wildman–Crippen LogP) is 2.17. The fourth-order valence-electron chi connectivity index (χ4n) is 2.41. The molecule has 1 fully saturated rings. The molecule has 1 N–H and O–H groups in total. The summed E-state index contributed by atoms with van der Waals surface area (Å²) < 4.78 is 5.10. The number of hydrogen-bond acceptors (Lipinski definition) is 5. The highest BCUT2D eigenvalue weighted by Gasteiger charge is 2.55. The van der Waals surface area contributed by atoms with Crippen molar-refractivity contribution in [2.45, 2.75) is 39.0 Å². The van der Waals surface area contributed by atoms with E-state index >= 15 is 0 Å². The van der Waals surface area contributed by atoms with Crippen molar-refractivity contribution in [1.82, 2.24) is 5.32 Å². The lowest BCUT2D eigenvalue weighted by Crippen LogP contribution is -2.45. The molecule has 23 heavy (non-hydrogen) atoms. The van der Waals surface area contributed by atoms with Gasteiger partial charge in [0.2, 0.25) is 6.04 Å². The molecular formula is C16H20N2O5. The summed E-state index contributed by atoms with van der Waals surface area (Å²) in [6, 6.07) is 7.59. The van der Waals surface area contributed by atoms with E-state index in [1.165, 1.54) is 0 Å². The molecule has 0 aromatic heterocycles. The quantitative estimate of drug-likeness (QED) is 0.613. The van der Waals surface area contributed by atoms with Crippen molar-refractivity contribution in [3.63, 3.8) is 0 Å². The lowest BCUT2D eigenvalue weighted by molar-refractivity contribution is -0.497. The first-order chi connectivity index (χ1) is 10.9. The molecule has 1 aliphatic rings. The van der Waals surface area contributed by atoms with Gasteiger partial charge in [0.25, 0.3) is 0 Å². The van der Waals surface area contributed by atoms with Crippen molar-refractivity contribution in [1.29, 1.82) is 0 Å². The Morgan fingerprint density at radius 2 is 2.00 bits per heavy atom. The van der Waals surface area contributed by atoms with Gasteiger partial charge in [-0.15, -0.1) is 0 Å². The van der Waals surface area contributed by atoms with Crippen LogP contribution in [0.25, 0.3) is 0 Å². The molecular weight excluding hydrogens is 300 g/mol. The molecule has 7 heteroatoms. The zero-order valence-electron chi connectivity index (χ0n) is 13.1. The Kier molecular flexibility index (Phi) is 5.31. The molecule has 0 aliphatic heterocycles. The van der Waals surface area contributed by atoms with Crippen LogP contribution in [0.3, 0.4) is 0 Å². The van der Waals surface area contributed by atoms with Gasteiger partial charge in [-0.05, 0) is 11.5 Å². The van der Waals surface area contributed by atoms with Crippen molar-refractivity contribution in [2.75, 3.05) is 0 Å². The predicted molar refractivity (Wildman–Crippen MR) is 82.3 cm³/mol. The van der Waals surface area contributed by atoms with Gasteiger partial charge in [0.15, 0.2) is 5.78 Å². The molecule has 0 spiro atoms. The lowest BCUT2D eigenvalue weighted by Gasteiger charge is -2.20. The molecule has 2 unspecified atom stereocenters. The maximum Gasteiger partial charge on any atom is 0.408 e. The van der Waals surface area contributed by atoms with Crippen LogP contribution in [0.4, 0.5) is 4.79 Å². The van der Waals surface area contributed by atoms with E-state index in [1.807, 2.05) is 30.3 Å². The average Bonchev–Trinajstić information content (AvgIpc) is 3.31. The maximum absolute atomic E-state index is 12.3. The summed E-state index contributed by atoms with van der Waals surface area (Å²) in [5.74, 6) is -1.06. The number of hydrogen-bond donors (Lipinski definition) is 1. The molecule has 7 nitrogen and oxygen atoms in total. The van der Waals surface area contributed by atoms with Gasteiger partial charge in [0.1, 0.15) is 6.61 Å². The molecule has 0 radical (unpaired) electrons. The highest BCUT2D eigenvalue weighted by molar-refractivity contribution is 5.91. The Balaban J connectivity index is 1.88. The first kappa shape index (κ1) is 16.9. The van der Waals surface area contributed by atoms with E-state index in [-0.39, 0.29) is 24.7 Å². The molecule has 0 bridgehead atoms. The van der Waals surface area contributed by atoms with Gasteiger partial charge >= 0.3 is 6.09 Å². The summed E-state index contributed by atoms with van der Waals surface area (Å²) in [5, 5.41) is 13.2. The highest BCUT2D eigenvalue weighted by atomic mass is 16.6. The van der Waals surface area contributed by atoms with Gasteiger partial charge in [-0.25, -0.2) is 4.79 Å². The van der Waals surface area contributed by atoms with Crippen LogP contribution >= 0.6 is 0 Å². The van der Waals surface area contributed by atoms with Gasteiger partial charge < -0.3 is 10.1 Å². The second-order valence-corrected chi connectivity index (χ2v) is 6.03. The maximum atomic E-state index is 12.3. The zero-order valence-corrected chi connectivity index (χ0v) is 13.1. The number of amides is 1. The normalized spacial score (nSPS) is 20.7. The molecule has 1 aromatic carbocycles. The molecule has 0 saturated heterocycles. The average molecular weight is 320 g/mol. The van der Waals surface area contributed by atoms with Crippen LogP contribution in [0, 0.1) is 22.0 Å². The van der Waals surface area contributed by atoms with Gasteiger partial charge in [-0.1, -0.05) is 44.2 Å². The summed E-state index contributed by atoms with van der Waals surface area (Å²) >= 11 is 0. The van der Waals surface area contributed by atoms with E-state index in [9.17, 15) is 19.7 Å². The second kappa shape index (κ2) is 7.21. The molecule has 1 aromatic rings. The van der Waals surface area contributed by atoms with Crippen molar-refractivity contribution in [3.05, 3.63) is 46.0 Å². The third kappa shape index (κ3) is 4.51. The highest BCUT2D eigenvalue weighted by Crippen LogP contribution is 2.35. The first-order valence-electron chi connectivity index (χ1n) is 7.54. The van der Waals surface area contributed by atoms with Crippen LogP contribution in [0.1, 0.15) is 25.8 Å². The number of carbonyl (C=O) groups is 2. The van der Waals surface area contributed by atoms with Crippen molar-refractivity contribution in [2.24, 2.45) is 11.8 Å². The number of rotatable bonds is 7. The third-order valence-corrected chi connectivity index (χ3v) is 3.85. The monoisotopic (exact) mass is 320 g/mol. The topological polar surface area (TPSA) is 98.5 Å². The van der Waals surface area contributed by atoms with E-state index in [0.717, 1.165) is 5.56 Å². The fraction of sp³-hybridized carbons (Fsp3) is 0.500. The number of benzene rings is 1. The molecule has 1 saturated carbocycles. The zero-order chi connectivity index (χ0) is 17.0. The molecule has 3 atom stereocenters. The summed E-state index contributed by atoms with van der Waals surface area (Å²) in [5.41, 5.74) is 0.839. The number of Topliss-reactive ketones (excluding diaryl/α,β-unsaturated/α-hetero) is 1. The minimum atomic E-state index is -0.814. The Morgan fingerprint density at radius 1 is 1.35 bits per heavy atom. The molecule has 1 amide bonds. The van der Waals surface area contributed by atoms with Crippen LogP contribution in [0.15, 0.2) is 30.3 Å². The minimum Gasteiger partial charge on any atom is -0.445 e. The standard InChI is InChI=1S/C16H20N2O5/c1-10(2)14(15(19)12-8-13(12)18(21)22)17-16(20)23-9-11-6-4-3-5-7-11/h3-7,10,12-14H,8-9H2,1-2H3,(H,17,20)/t12?,13?,14-/m0/s1. The number of carbonyl (C=O) groups excluding carboxylic acids is 2. The molecule has 1 aliphatic carbocycles. The van der Waals surface area contributed by atoms with E-state index < -0.39 is 29.0 Å². The summed E-state index contributed by atoms with van der Waals surface area (Å²) in [4.78, 5) is 34.4. The van der Waals surface area contributed by atoms with E-state index in [1.54, 1.807) is 13.8 Å². The van der Waals surface area contributed by atoms with E-state index in [2.05, 4.69) is 5.32 Å². The SMILES string of the molecule is CC(C)[C@H](NC(=O)OCc1ccccc1)C(=O)C1CC1[N+](=O)[O-]. The number of nitro groups is 1. The molecule has 2 rings (SSSR count). The van der Waals surface area contributed by atoms with Crippen molar-refractivity contribution >= 4 is 11.9 Å². The second-order valence-electron chi connectivity index (χ2n) is 6.03. The number of ketones is 1. The number of nitrogens with one attached hydrogen (secondary N) is 1. The minimum absolute atomic E-state index is 0.104. The van der Waals surface area contributed by atoms with Gasteiger partial charge in [-0.2, -0.15) is 0 Å². The largest absolute Gasteiger partial charge is 0.445 e. The summed E-state index contributed by atoms with van der Waals surface area (Å²) in [6.45, 7) is 3.67. The Labute approximate surface area is 134 Å². The van der Waals surface area contributed by atoms with Crippen LogP contribution < -0.4 is 5.32 Å². The van der Waals surface area contributed by atoms with Crippen molar-refractivity contribution in [3.8, 4) is 0 Å². The van der Waals surface area contributed by atoms with E-state index in [4.69, 9.17) is 4.74 Å². The summed E-state index contributed by atoms with van der Waals surface area (Å²) in [7, 11) is 0. The molecule has 0 heterocycles. The van der Waals surface area contributed by atoms with Crippen molar-refractivity contribution < 1.29 is 19.2 Å². The van der Waals surface area contributed by atoms with E-state index in [0.29, 0.717) is 0 Å². The van der Waals surface area contributed by atoms with Gasteiger partial charge in [0.05, 0.1) is 12.0 Å². The first-order valence-corrected chi connectivity index (χ1v) is 7.54. The fourth-order valence-corrected chi connectivity index (χ4v) is 2.41. The van der Waals surface area contributed by atoms with Gasteiger partial charge in [0, 0.05) is 11.3 Å². The van der Waals surface area contributed by atoms with Crippen LogP contribution in [-0.2, 0) is 16.1 Å². The lowest BCUT2D eigenvalue weighted by atomic mass is 9.97.